The van der Waals surface area contributed by atoms with Crippen LogP contribution < -0.4 is 10.8 Å². The number of likely N-dealkylation sites (tertiary alicyclic amines) is 1. The van der Waals surface area contributed by atoms with E-state index in [-0.39, 0.29) is 30.6 Å². The van der Waals surface area contributed by atoms with Gasteiger partial charge < -0.3 is 24.3 Å². The smallest absolute Gasteiger partial charge is 0.444 e. The van der Waals surface area contributed by atoms with Crippen LogP contribution in [0.5, 0.6) is 0 Å². The standard InChI is InChI=1S/C24H35BF2N2O5/c1-9-15-16(10-14(11-17(15)26)25-33-23(5,6)24(7,8)34-25)20(30)28-19-13-29(12-18(19)27)21(31)32-22(2,3)4/h10-11,18-19H,9,12-13H2,1-8H3,(H,28,30)/t18-,19+/m0/s1. The molecular weight excluding hydrogens is 445 g/mol. The maximum Gasteiger partial charge on any atom is 0.494 e. The van der Waals surface area contributed by atoms with Gasteiger partial charge in [-0.3, -0.25) is 4.79 Å². The number of carbonyl (C=O) groups is 2. The molecule has 10 heteroatoms. The van der Waals surface area contributed by atoms with Crippen LogP contribution in [0.25, 0.3) is 0 Å². The van der Waals surface area contributed by atoms with Crippen molar-refractivity contribution in [1.82, 2.24) is 10.2 Å². The predicted octanol–water partition coefficient (Wildman–Crippen LogP) is 3.37. The number of carbonyl (C=O) groups excluding carboxylic acids is 2. The average Bonchev–Trinajstić information content (AvgIpc) is 3.15. The molecule has 2 aliphatic rings. The first-order valence-corrected chi connectivity index (χ1v) is 11.7. The maximum atomic E-state index is 15.0. The van der Waals surface area contributed by atoms with Crippen molar-refractivity contribution in [2.24, 2.45) is 0 Å². The van der Waals surface area contributed by atoms with Crippen LogP contribution in [0.4, 0.5) is 13.6 Å². The summed E-state index contributed by atoms with van der Waals surface area (Å²) in [6, 6.07) is 1.91. The van der Waals surface area contributed by atoms with Gasteiger partial charge in [0.15, 0.2) is 0 Å². The summed E-state index contributed by atoms with van der Waals surface area (Å²) in [5.41, 5.74) is -1.29. The Bertz CT molecular complexity index is 947. The Morgan fingerprint density at radius 2 is 1.76 bits per heavy atom. The maximum absolute atomic E-state index is 15.0. The summed E-state index contributed by atoms with van der Waals surface area (Å²) in [6.45, 7) is 14.2. The van der Waals surface area contributed by atoms with Crippen molar-refractivity contribution in [3.8, 4) is 0 Å². The lowest BCUT2D eigenvalue weighted by atomic mass is 9.77. The number of rotatable bonds is 4. The Balaban J connectivity index is 1.80. The van der Waals surface area contributed by atoms with Crippen LogP contribution in [0.1, 0.15) is 71.3 Å². The van der Waals surface area contributed by atoms with E-state index in [0.717, 1.165) is 0 Å². The third-order valence-corrected chi connectivity index (χ3v) is 6.56. The Morgan fingerprint density at radius 1 is 1.18 bits per heavy atom. The van der Waals surface area contributed by atoms with E-state index in [0.29, 0.717) is 5.46 Å². The van der Waals surface area contributed by atoms with Gasteiger partial charge in [-0.2, -0.15) is 0 Å². The molecule has 3 rings (SSSR count). The zero-order valence-corrected chi connectivity index (χ0v) is 21.3. The van der Waals surface area contributed by atoms with Crippen LogP contribution in [-0.4, -0.2) is 66.1 Å². The molecule has 34 heavy (non-hydrogen) atoms. The fourth-order valence-corrected chi connectivity index (χ4v) is 3.96. The molecule has 2 amide bonds. The third kappa shape index (κ3) is 5.38. The molecule has 2 atom stereocenters. The molecule has 188 valence electrons. The first-order valence-electron chi connectivity index (χ1n) is 11.7. The molecule has 1 aromatic rings. The number of amides is 2. The van der Waals surface area contributed by atoms with E-state index in [9.17, 15) is 18.4 Å². The molecule has 0 spiro atoms. The van der Waals surface area contributed by atoms with Crippen molar-refractivity contribution in [1.29, 1.82) is 0 Å². The number of nitrogens with one attached hydrogen (secondary N) is 1. The molecule has 0 unspecified atom stereocenters. The normalized spacial score (nSPS) is 23.8. The molecule has 1 N–H and O–H groups in total. The predicted molar refractivity (Wildman–Crippen MR) is 125 cm³/mol. The van der Waals surface area contributed by atoms with Crippen LogP contribution in [0, 0.1) is 5.82 Å². The molecule has 2 saturated heterocycles. The van der Waals surface area contributed by atoms with Gasteiger partial charge >= 0.3 is 13.2 Å². The average molecular weight is 480 g/mol. The van der Waals surface area contributed by atoms with Crippen molar-refractivity contribution < 1.29 is 32.4 Å². The highest BCUT2D eigenvalue weighted by Crippen LogP contribution is 2.36. The van der Waals surface area contributed by atoms with Crippen LogP contribution in [0.15, 0.2) is 12.1 Å². The minimum atomic E-state index is -1.47. The van der Waals surface area contributed by atoms with E-state index in [1.807, 2.05) is 27.7 Å². The highest BCUT2D eigenvalue weighted by Gasteiger charge is 2.52. The number of hydrogen-bond acceptors (Lipinski definition) is 5. The van der Waals surface area contributed by atoms with Gasteiger partial charge in [0.1, 0.15) is 17.6 Å². The van der Waals surface area contributed by atoms with Crippen molar-refractivity contribution in [2.75, 3.05) is 13.1 Å². The summed E-state index contributed by atoms with van der Waals surface area (Å²) in [5, 5.41) is 2.63. The van der Waals surface area contributed by atoms with Crippen molar-refractivity contribution in [3.63, 3.8) is 0 Å². The fraction of sp³-hybridized carbons (Fsp3) is 0.667. The van der Waals surface area contributed by atoms with Gasteiger partial charge in [0.2, 0.25) is 0 Å². The van der Waals surface area contributed by atoms with Gasteiger partial charge in [-0.15, -0.1) is 0 Å². The van der Waals surface area contributed by atoms with Gasteiger partial charge in [-0.1, -0.05) is 6.92 Å². The van der Waals surface area contributed by atoms with Crippen LogP contribution in [-0.2, 0) is 20.5 Å². The van der Waals surface area contributed by atoms with Crippen LogP contribution in [0.2, 0.25) is 0 Å². The highest BCUT2D eigenvalue weighted by atomic mass is 19.1. The largest absolute Gasteiger partial charge is 0.494 e. The second-order valence-corrected chi connectivity index (χ2v) is 11.0. The summed E-state index contributed by atoms with van der Waals surface area (Å²) < 4.78 is 47.0. The molecule has 1 aromatic carbocycles. The molecule has 7 nitrogen and oxygen atoms in total. The lowest BCUT2D eigenvalue weighted by Crippen LogP contribution is -2.43. The van der Waals surface area contributed by atoms with Crippen LogP contribution >= 0.6 is 0 Å². The van der Waals surface area contributed by atoms with Gasteiger partial charge in [-0.05, 0) is 72.5 Å². The van der Waals surface area contributed by atoms with E-state index < -0.39 is 54.0 Å². The lowest BCUT2D eigenvalue weighted by molar-refractivity contribution is 0.00578. The molecule has 0 aromatic heterocycles. The molecule has 0 radical (unpaired) electrons. The third-order valence-electron chi connectivity index (χ3n) is 6.56. The Kier molecular flexibility index (Phi) is 7.08. The summed E-state index contributed by atoms with van der Waals surface area (Å²) >= 11 is 0. The number of halogens is 2. The zero-order chi connectivity index (χ0) is 25.6. The van der Waals surface area contributed by atoms with E-state index in [4.69, 9.17) is 14.0 Å². The number of nitrogens with zero attached hydrogens (tertiary/aromatic N) is 1. The first-order chi connectivity index (χ1) is 15.5. The number of benzene rings is 1. The van der Waals surface area contributed by atoms with Crippen molar-refractivity contribution in [3.05, 3.63) is 29.1 Å². The molecule has 0 bridgehead atoms. The molecule has 0 saturated carbocycles. The molecule has 2 fully saturated rings. The lowest BCUT2D eigenvalue weighted by Gasteiger charge is -2.32. The number of hydrogen-bond donors (Lipinski definition) is 1. The van der Waals surface area contributed by atoms with Crippen LogP contribution in [0.3, 0.4) is 0 Å². The number of ether oxygens (including phenoxy) is 1. The Hall–Kier alpha value is -2.20. The quantitative estimate of drug-likeness (QED) is 0.669. The zero-order valence-electron chi connectivity index (χ0n) is 21.3. The van der Waals surface area contributed by atoms with Crippen molar-refractivity contribution in [2.45, 2.75) is 90.8 Å². The highest BCUT2D eigenvalue weighted by molar-refractivity contribution is 6.62. The first kappa shape index (κ1) is 26.4. The monoisotopic (exact) mass is 480 g/mol. The molecule has 0 aliphatic carbocycles. The Morgan fingerprint density at radius 3 is 2.29 bits per heavy atom. The molecule has 2 heterocycles. The molecular formula is C24H35BF2N2O5. The SMILES string of the molecule is CCc1c(F)cc(B2OC(C)(C)C(C)(C)O2)cc1C(=O)N[C@@H]1CN(C(=O)OC(C)(C)C)C[C@@H]1F. The van der Waals surface area contributed by atoms with E-state index in [1.165, 1.54) is 17.0 Å². The summed E-state index contributed by atoms with van der Waals surface area (Å²) in [6.07, 6.45) is -1.85. The number of alkyl halides is 1. The summed E-state index contributed by atoms with van der Waals surface area (Å²) in [5.74, 6) is -1.17. The van der Waals surface area contributed by atoms with Gasteiger partial charge in [0.05, 0.1) is 23.8 Å². The Labute approximate surface area is 200 Å². The van der Waals surface area contributed by atoms with Gasteiger partial charge in [-0.25, -0.2) is 13.6 Å². The minimum absolute atomic E-state index is 0.0390. The van der Waals surface area contributed by atoms with Gasteiger partial charge in [0, 0.05) is 17.7 Å². The van der Waals surface area contributed by atoms with Crippen molar-refractivity contribution >= 4 is 24.6 Å². The van der Waals surface area contributed by atoms with E-state index in [1.54, 1.807) is 27.7 Å². The second kappa shape index (κ2) is 9.11. The molecule has 2 aliphatic heterocycles. The fourth-order valence-electron chi connectivity index (χ4n) is 3.96. The summed E-state index contributed by atoms with van der Waals surface area (Å²) in [4.78, 5) is 26.7. The second-order valence-electron chi connectivity index (χ2n) is 11.0. The minimum Gasteiger partial charge on any atom is -0.444 e. The summed E-state index contributed by atoms with van der Waals surface area (Å²) in [7, 11) is -0.847. The topological polar surface area (TPSA) is 77.1 Å². The van der Waals surface area contributed by atoms with E-state index in [2.05, 4.69) is 5.32 Å². The van der Waals surface area contributed by atoms with Gasteiger partial charge in [0.25, 0.3) is 5.91 Å². The van der Waals surface area contributed by atoms with E-state index >= 15 is 0 Å².